The molecule has 0 fully saturated rings. The first-order chi connectivity index (χ1) is 17.6. The Balaban J connectivity index is 1.52. The molecule has 0 aliphatic heterocycles. The first-order valence-corrected chi connectivity index (χ1v) is 11.4. The maximum Gasteiger partial charge on any atom is 0.274 e. The molecule has 0 saturated carbocycles. The number of aromatic nitrogens is 4. The second-order valence-electron chi connectivity index (χ2n) is 8.17. The standard InChI is InChI=1S/C28H24N6O2/c1-36-17-22-11-5-10-21(32-22)16-31-28(35)26-27(29)34-24(18-7-3-2-4-8-18)25(33-26)20-12-13-23-19(15-20)9-6-14-30-23/h2-15H,16-17H2,1H3,(H2,29,34)(H,31,35). The van der Waals surface area contributed by atoms with Gasteiger partial charge in [-0.05, 0) is 30.3 Å². The number of anilines is 1. The van der Waals surface area contributed by atoms with Crippen LogP contribution in [0.25, 0.3) is 33.4 Å². The number of carbonyl (C=O) groups is 1. The van der Waals surface area contributed by atoms with E-state index in [0.717, 1.165) is 27.7 Å². The Bertz CT molecular complexity index is 1540. The number of hydrogen-bond donors (Lipinski definition) is 2. The van der Waals surface area contributed by atoms with Crippen molar-refractivity contribution in [1.29, 1.82) is 0 Å². The fourth-order valence-electron chi connectivity index (χ4n) is 3.95. The number of nitrogen functional groups attached to an aromatic ring is 1. The van der Waals surface area contributed by atoms with E-state index in [-0.39, 0.29) is 18.1 Å². The van der Waals surface area contributed by atoms with E-state index in [2.05, 4.69) is 20.3 Å². The number of nitrogens with one attached hydrogen (secondary N) is 1. The Morgan fingerprint density at radius 3 is 2.50 bits per heavy atom. The first kappa shape index (κ1) is 23.1. The lowest BCUT2D eigenvalue weighted by molar-refractivity contribution is 0.0946. The van der Waals surface area contributed by atoms with Crippen LogP contribution in [0.2, 0.25) is 0 Å². The van der Waals surface area contributed by atoms with Crippen molar-refractivity contribution in [2.24, 2.45) is 0 Å². The van der Waals surface area contributed by atoms with Crippen molar-refractivity contribution in [1.82, 2.24) is 25.3 Å². The Morgan fingerprint density at radius 1 is 0.861 bits per heavy atom. The number of carbonyl (C=O) groups excluding carboxylic acids is 1. The average Bonchev–Trinajstić information content (AvgIpc) is 2.92. The summed E-state index contributed by atoms with van der Waals surface area (Å²) in [6.45, 7) is 0.612. The quantitative estimate of drug-likeness (QED) is 0.357. The summed E-state index contributed by atoms with van der Waals surface area (Å²) in [5.41, 5.74) is 11.5. The lowest BCUT2D eigenvalue weighted by Crippen LogP contribution is -2.26. The number of nitrogens with zero attached hydrogens (tertiary/aromatic N) is 4. The lowest BCUT2D eigenvalue weighted by Gasteiger charge is -2.14. The van der Waals surface area contributed by atoms with Crippen molar-refractivity contribution < 1.29 is 9.53 Å². The SMILES string of the molecule is COCc1cccc(CNC(=O)c2nc(-c3ccc4ncccc4c3)c(-c3ccccc3)nc2N)n1. The summed E-state index contributed by atoms with van der Waals surface area (Å²) < 4.78 is 5.13. The summed E-state index contributed by atoms with van der Waals surface area (Å²) in [4.78, 5) is 31.4. The highest BCUT2D eigenvalue weighted by molar-refractivity contribution is 5.98. The molecular weight excluding hydrogens is 452 g/mol. The molecule has 0 aliphatic carbocycles. The first-order valence-electron chi connectivity index (χ1n) is 11.4. The Kier molecular flexibility index (Phi) is 6.59. The van der Waals surface area contributed by atoms with Gasteiger partial charge in [0, 0.05) is 29.8 Å². The second kappa shape index (κ2) is 10.3. The van der Waals surface area contributed by atoms with E-state index in [1.165, 1.54) is 0 Å². The van der Waals surface area contributed by atoms with E-state index in [4.69, 9.17) is 15.5 Å². The molecule has 0 atom stereocenters. The minimum atomic E-state index is -0.428. The Hall–Kier alpha value is -4.69. The maximum absolute atomic E-state index is 13.1. The maximum atomic E-state index is 13.1. The molecule has 0 aliphatic rings. The number of rotatable bonds is 7. The summed E-state index contributed by atoms with van der Waals surface area (Å²) in [7, 11) is 1.61. The van der Waals surface area contributed by atoms with Crippen LogP contribution in [-0.2, 0) is 17.9 Å². The fourth-order valence-corrected chi connectivity index (χ4v) is 3.95. The van der Waals surface area contributed by atoms with Crippen LogP contribution < -0.4 is 11.1 Å². The molecule has 3 aromatic heterocycles. The second-order valence-corrected chi connectivity index (χ2v) is 8.17. The highest BCUT2D eigenvalue weighted by Crippen LogP contribution is 2.32. The Labute approximate surface area is 208 Å². The zero-order valence-corrected chi connectivity index (χ0v) is 19.7. The zero-order chi connectivity index (χ0) is 24.9. The molecule has 8 heteroatoms. The van der Waals surface area contributed by atoms with Crippen molar-refractivity contribution in [2.45, 2.75) is 13.2 Å². The van der Waals surface area contributed by atoms with Gasteiger partial charge in [-0.2, -0.15) is 0 Å². The molecule has 0 unspecified atom stereocenters. The van der Waals surface area contributed by atoms with Crippen LogP contribution >= 0.6 is 0 Å². The highest BCUT2D eigenvalue weighted by Gasteiger charge is 2.20. The van der Waals surface area contributed by atoms with Gasteiger partial charge >= 0.3 is 0 Å². The smallest absolute Gasteiger partial charge is 0.274 e. The largest absolute Gasteiger partial charge is 0.382 e. The van der Waals surface area contributed by atoms with Gasteiger partial charge in [-0.25, -0.2) is 9.97 Å². The van der Waals surface area contributed by atoms with E-state index < -0.39 is 5.91 Å². The third-order valence-electron chi connectivity index (χ3n) is 5.65. The van der Waals surface area contributed by atoms with E-state index in [1.807, 2.05) is 78.9 Å². The van der Waals surface area contributed by atoms with Gasteiger partial charge in [0.2, 0.25) is 0 Å². The monoisotopic (exact) mass is 476 g/mol. The summed E-state index contributed by atoms with van der Waals surface area (Å²) in [6, 6.07) is 24.9. The van der Waals surface area contributed by atoms with Gasteiger partial charge in [0.15, 0.2) is 11.5 Å². The van der Waals surface area contributed by atoms with Crippen LogP contribution in [0.3, 0.4) is 0 Å². The minimum Gasteiger partial charge on any atom is -0.382 e. The fraction of sp³-hybridized carbons (Fsp3) is 0.107. The topological polar surface area (TPSA) is 116 Å². The van der Waals surface area contributed by atoms with Gasteiger partial charge in [0.05, 0.1) is 41.4 Å². The van der Waals surface area contributed by atoms with Gasteiger partial charge in [-0.15, -0.1) is 0 Å². The van der Waals surface area contributed by atoms with Crippen LogP contribution in [-0.4, -0.2) is 33.0 Å². The zero-order valence-electron chi connectivity index (χ0n) is 19.7. The third kappa shape index (κ3) is 4.89. The molecule has 0 saturated heterocycles. The number of pyridine rings is 2. The number of nitrogens with two attached hydrogens (primary N) is 1. The highest BCUT2D eigenvalue weighted by atomic mass is 16.5. The van der Waals surface area contributed by atoms with E-state index in [1.54, 1.807) is 13.3 Å². The summed E-state index contributed by atoms with van der Waals surface area (Å²) in [6.07, 6.45) is 1.75. The molecule has 3 N–H and O–H groups in total. The van der Waals surface area contributed by atoms with Crippen molar-refractivity contribution in [2.75, 3.05) is 12.8 Å². The Morgan fingerprint density at radius 2 is 1.67 bits per heavy atom. The average molecular weight is 477 g/mol. The summed E-state index contributed by atoms with van der Waals surface area (Å²) in [5.74, 6) is -0.374. The van der Waals surface area contributed by atoms with Gasteiger partial charge in [0.1, 0.15) is 0 Å². The van der Waals surface area contributed by atoms with Crippen LogP contribution in [0.15, 0.2) is 85.1 Å². The van der Waals surface area contributed by atoms with Crippen molar-refractivity contribution in [3.8, 4) is 22.5 Å². The number of benzene rings is 2. The van der Waals surface area contributed by atoms with Crippen LogP contribution in [0, 0.1) is 0 Å². The summed E-state index contributed by atoms with van der Waals surface area (Å²) >= 11 is 0. The lowest BCUT2D eigenvalue weighted by atomic mass is 10.0. The summed E-state index contributed by atoms with van der Waals surface area (Å²) in [5, 5.41) is 3.82. The predicted molar refractivity (Wildman–Crippen MR) is 139 cm³/mol. The van der Waals surface area contributed by atoms with Gasteiger partial charge in [-0.3, -0.25) is 14.8 Å². The molecule has 2 aromatic carbocycles. The molecule has 8 nitrogen and oxygen atoms in total. The number of amides is 1. The van der Waals surface area contributed by atoms with Gasteiger partial charge in [-0.1, -0.05) is 48.5 Å². The molecule has 1 amide bonds. The molecule has 0 radical (unpaired) electrons. The van der Waals surface area contributed by atoms with Crippen molar-refractivity contribution in [3.63, 3.8) is 0 Å². The molecular formula is C28H24N6O2. The van der Waals surface area contributed by atoms with Gasteiger partial charge < -0.3 is 15.8 Å². The van der Waals surface area contributed by atoms with Crippen molar-refractivity contribution in [3.05, 3.63) is 102 Å². The van der Waals surface area contributed by atoms with Crippen LogP contribution in [0.4, 0.5) is 5.82 Å². The normalized spacial score (nSPS) is 10.9. The molecule has 0 bridgehead atoms. The molecule has 5 rings (SSSR count). The number of fused-ring (bicyclic) bond motifs is 1. The van der Waals surface area contributed by atoms with E-state index >= 15 is 0 Å². The molecule has 36 heavy (non-hydrogen) atoms. The van der Waals surface area contributed by atoms with Crippen LogP contribution in [0.1, 0.15) is 21.9 Å². The van der Waals surface area contributed by atoms with E-state index in [0.29, 0.717) is 23.7 Å². The van der Waals surface area contributed by atoms with Crippen LogP contribution in [0.5, 0.6) is 0 Å². The predicted octanol–water partition coefficient (Wildman–Crippen LogP) is 4.41. The molecule has 3 heterocycles. The molecule has 0 spiro atoms. The minimum absolute atomic E-state index is 0.0543. The number of methoxy groups -OCH3 is 1. The molecule has 5 aromatic rings. The molecule has 178 valence electrons. The number of ether oxygens (including phenoxy) is 1. The third-order valence-corrected chi connectivity index (χ3v) is 5.65. The van der Waals surface area contributed by atoms with Crippen molar-refractivity contribution >= 4 is 22.6 Å². The number of hydrogen-bond acceptors (Lipinski definition) is 7. The van der Waals surface area contributed by atoms with Gasteiger partial charge in [0.25, 0.3) is 5.91 Å². The van der Waals surface area contributed by atoms with E-state index in [9.17, 15) is 4.79 Å².